The van der Waals surface area contributed by atoms with E-state index in [1.807, 2.05) is 41.6 Å². The van der Waals surface area contributed by atoms with Gasteiger partial charge >= 0.3 is 0 Å². The smallest absolute Gasteiger partial charge is 0.274 e. The number of hydrogen-bond donors (Lipinski definition) is 1. The fourth-order valence-electron chi connectivity index (χ4n) is 3.47. The molecule has 1 N–H and O–H groups in total. The highest BCUT2D eigenvalue weighted by molar-refractivity contribution is 5.97. The standard InChI is InChI=1S/C22H23N5O3/c1-15-19-20(28)24-17-9-8-16(21(29)25(2)12-13-30-3)14-18(17)27(19)22(23-15)26-10-6-4-5-7-11-26/h4-11,14H,12-13H2,1-3H3,(H,24,28). The van der Waals surface area contributed by atoms with Crippen LogP contribution in [0.1, 0.15) is 16.1 Å². The molecule has 8 nitrogen and oxygen atoms in total. The SMILES string of the molecule is COCCN(C)C(=O)c1ccc2[nH]c(=O)c3c(C)nc(N4C=CC=CC=C4)n3c2c1. The number of anilines is 1. The summed E-state index contributed by atoms with van der Waals surface area (Å²) in [7, 11) is 3.34. The van der Waals surface area contributed by atoms with Crippen molar-refractivity contribution in [1.29, 1.82) is 0 Å². The fraction of sp³-hybridized carbons (Fsp3) is 0.227. The Morgan fingerprint density at radius 3 is 2.63 bits per heavy atom. The average molecular weight is 405 g/mol. The van der Waals surface area contributed by atoms with Crippen molar-refractivity contribution < 1.29 is 9.53 Å². The zero-order valence-electron chi connectivity index (χ0n) is 17.1. The van der Waals surface area contributed by atoms with Gasteiger partial charge in [-0.1, -0.05) is 12.2 Å². The number of aromatic amines is 1. The Bertz CT molecular complexity index is 1250. The second kappa shape index (κ2) is 8.00. The van der Waals surface area contributed by atoms with Crippen LogP contribution in [0.3, 0.4) is 0 Å². The Labute approximate surface area is 173 Å². The van der Waals surface area contributed by atoms with E-state index in [-0.39, 0.29) is 11.5 Å². The van der Waals surface area contributed by atoms with Gasteiger partial charge in [0.05, 0.1) is 23.3 Å². The molecule has 1 aliphatic heterocycles. The van der Waals surface area contributed by atoms with E-state index in [4.69, 9.17) is 4.74 Å². The van der Waals surface area contributed by atoms with Crippen molar-refractivity contribution in [3.63, 3.8) is 0 Å². The molecule has 1 amide bonds. The zero-order chi connectivity index (χ0) is 21.3. The lowest BCUT2D eigenvalue weighted by atomic mass is 10.1. The third-order valence-corrected chi connectivity index (χ3v) is 5.02. The number of rotatable bonds is 5. The molecule has 4 rings (SSSR count). The minimum Gasteiger partial charge on any atom is -0.383 e. The molecule has 2 aromatic heterocycles. The number of allylic oxidation sites excluding steroid dienone is 4. The number of nitrogens with zero attached hydrogens (tertiary/aromatic N) is 4. The lowest BCUT2D eigenvalue weighted by molar-refractivity contribution is 0.0744. The van der Waals surface area contributed by atoms with E-state index in [2.05, 4.69) is 9.97 Å². The second-order valence-corrected chi connectivity index (χ2v) is 7.06. The predicted molar refractivity (Wildman–Crippen MR) is 117 cm³/mol. The quantitative estimate of drug-likeness (QED) is 0.706. The van der Waals surface area contributed by atoms with Crippen LogP contribution in [0, 0.1) is 6.92 Å². The first-order valence-electron chi connectivity index (χ1n) is 9.60. The third kappa shape index (κ3) is 3.42. The first kappa shape index (κ1) is 19.7. The number of carbonyl (C=O) groups is 1. The minimum absolute atomic E-state index is 0.120. The Morgan fingerprint density at radius 1 is 1.20 bits per heavy atom. The molecule has 1 aromatic carbocycles. The van der Waals surface area contributed by atoms with Crippen molar-refractivity contribution in [1.82, 2.24) is 19.3 Å². The highest BCUT2D eigenvalue weighted by Gasteiger charge is 2.19. The molecule has 30 heavy (non-hydrogen) atoms. The van der Waals surface area contributed by atoms with E-state index in [0.717, 1.165) is 0 Å². The number of fused-ring (bicyclic) bond motifs is 3. The molecule has 3 aromatic rings. The summed E-state index contributed by atoms with van der Waals surface area (Å²) in [6.45, 7) is 2.75. The highest BCUT2D eigenvalue weighted by Crippen LogP contribution is 2.25. The van der Waals surface area contributed by atoms with Crippen molar-refractivity contribution in [2.24, 2.45) is 0 Å². The molecule has 0 saturated heterocycles. The maximum absolute atomic E-state index is 12.9. The van der Waals surface area contributed by atoms with Crippen LogP contribution in [0.5, 0.6) is 0 Å². The van der Waals surface area contributed by atoms with Gasteiger partial charge in [-0.15, -0.1) is 0 Å². The number of aromatic nitrogens is 3. The summed E-state index contributed by atoms with van der Waals surface area (Å²) in [6, 6.07) is 5.26. The molecule has 0 aliphatic carbocycles. The van der Waals surface area contributed by atoms with Crippen LogP contribution in [0.25, 0.3) is 16.6 Å². The van der Waals surface area contributed by atoms with Crippen LogP contribution in [0.15, 0.2) is 59.7 Å². The number of carbonyl (C=O) groups excluding carboxylic acids is 1. The predicted octanol–water partition coefficient (Wildman–Crippen LogP) is 2.61. The van der Waals surface area contributed by atoms with Crippen molar-refractivity contribution in [2.75, 3.05) is 32.2 Å². The van der Waals surface area contributed by atoms with E-state index in [1.165, 1.54) is 0 Å². The van der Waals surface area contributed by atoms with Gasteiger partial charge in [0.2, 0.25) is 5.95 Å². The fourth-order valence-corrected chi connectivity index (χ4v) is 3.47. The van der Waals surface area contributed by atoms with Crippen LogP contribution in [-0.4, -0.2) is 52.5 Å². The maximum Gasteiger partial charge on any atom is 0.274 e. The van der Waals surface area contributed by atoms with Gasteiger partial charge in [-0.3, -0.25) is 18.9 Å². The summed E-state index contributed by atoms with van der Waals surface area (Å²) in [5.74, 6) is 0.456. The van der Waals surface area contributed by atoms with Gasteiger partial charge in [0.15, 0.2) is 0 Å². The van der Waals surface area contributed by atoms with Gasteiger partial charge in [-0.05, 0) is 37.3 Å². The van der Waals surface area contributed by atoms with Crippen molar-refractivity contribution in [3.05, 3.63) is 76.5 Å². The average Bonchev–Trinajstić information content (AvgIpc) is 2.92. The molecule has 1 aliphatic rings. The van der Waals surface area contributed by atoms with Crippen LogP contribution >= 0.6 is 0 Å². The summed E-state index contributed by atoms with van der Waals surface area (Å²) >= 11 is 0. The lowest BCUT2D eigenvalue weighted by Crippen LogP contribution is -2.30. The van der Waals surface area contributed by atoms with Crippen LogP contribution in [-0.2, 0) is 4.74 Å². The van der Waals surface area contributed by atoms with Crippen molar-refractivity contribution in [3.8, 4) is 0 Å². The summed E-state index contributed by atoms with van der Waals surface area (Å²) in [6.07, 6.45) is 11.4. The number of aryl methyl sites for hydroxylation is 1. The summed E-state index contributed by atoms with van der Waals surface area (Å²) < 4.78 is 6.87. The van der Waals surface area contributed by atoms with Crippen LogP contribution < -0.4 is 10.5 Å². The molecule has 0 unspecified atom stereocenters. The number of likely N-dealkylation sites (N-methyl/N-ethyl adjacent to an activating group) is 1. The molecule has 0 atom stereocenters. The Hall–Kier alpha value is -3.65. The number of methoxy groups -OCH3 is 1. The molecule has 0 fully saturated rings. The van der Waals surface area contributed by atoms with E-state index in [9.17, 15) is 9.59 Å². The molecule has 0 spiro atoms. The molecule has 0 bridgehead atoms. The first-order valence-corrected chi connectivity index (χ1v) is 9.60. The number of amides is 1. The molecule has 3 heterocycles. The maximum atomic E-state index is 12.9. The van der Waals surface area contributed by atoms with E-state index >= 15 is 0 Å². The lowest BCUT2D eigenvalue weighted by Gasteiger charge is -2.18. The van der Waals surface area contributed by atoms with Gasteiger partial charge in [0.25, 0.3) is 11.5 Å². The number of imidazole rings is 1. The summed E-state index contributed by atoms with van der Waals surface area (Å²) in [4.78, 5) is 36.6. The molecule has 154 valence electrons. The molecule has 0 saturated carbocycles. The molecular formula is C22H23N5O3. The molecule has 0 radical (unpaired) electrons. The zero-order valence-corrected chi connectivity index (χ0v) is 17.1. The van der Waals surface area contributed by atoms with Gasteiger partial charge < -0.3 is 14.6 Å². The Kier molecular flexibility index (Phi) is 5.24. The number of benzene rings is 1. The summed E-state index contributed by atoms with van der Waals surface area (Å²) in [5.41, 5.74) is 2.69. The van der Waals surface area contributed by atoms with E-state index < -0.39 is 0 Å². The highest BCUT2D eigenvalue weighted by atomic mass is 16.5. The Morgan fingerprint density at radius 2 is 1.93 bits per heavy atom. The second-order valence-electron chi connectivity index (χ2n) is 7.06. The van der Waals surface area contributed by atoms with E-state index in [1.54, 1.807) is 48.6 Å². The van der Waals surface area contributed by atoms with Gasteiger partial charge in [-0.25, -0.2) is 4.98 Å². The third-order valence-electron chi connectivity index (χ3n) is 5.02. The van der Waals surface area contributed by atoms with Crippen molar-refractivity contribution >= 4 is 28.4 Å². The van der Waals surface area contributed by atoms with Crippen LogP contribution in [0.4, 0.5) is 5.95 Å². The monoisotopic (exact) mass is 405 g/mol. The number of H-pyrrole nitrogens is 1. The molecular weight excluding hydrogens is 382 g/mol. The normalized spacial score (nSPS) is 13.4. The molecule has 8 heteroatoms. The van der Waals surface area contributed by atoms with Crippen LogP contribution in [0.2, 0.25) is 0 Å². The van der Waals surface area contributed by atoms with E-state index in [0.29, 0.717) is 46.9 Å². The van der Waals surface area contributed by atoms with Crippen molar-refractivity contribution in [2.45, 2.75) is 6.92 Å². The van der Waals surface area contributed by atoms with Gasteiger partial charge in [0.1, 0.15) is 5.52 Å². The van der Waals surface area contributed by atoms with Gasteiger partial charge in [0, 0.05) is 38.7 Å². The Balaban J connectivity index is 1.92. The number of hydrogen-bond acceptors (Lipinski definition) is 5. The number of ether oxygens (including phenoxy) is 1. The first-order chi connectivity index (χ1) is 14.5. The largest absolute Gasteiger partial charge is 0.383 e. The number of nitrogens with one attached hydrogen (secondary N) is 1. The topological polar surface area (TPSA) is 82.9 Å². The minimum atomic E-state index is -0.226. The van der Waals surface area contributed by atoms with Gasteiger partial charge in [-0.2, -0.15) is 0 Å². The summed E-state index contributed by atoms with van der Waals surface area (Å²) in [5, 5.41) is 0.